The molecule has 1 atom stereocenters. The van der Waals surface area contributed by atoms with E-state index in [0.29, 0.717) is 4.57 Å². The Morgan fingerprint density at radius 3 is 2.35 bits per heavy atom. The van der Waals surface area contributed by atoms with Gasteiger partial charge in [0.25, 0.3) is 0 Å². The third-order valence-corrected chi connectivity index (χ3v) is 2.34. The zero-order valence-corrected chi connectivity index (χ0v) is 9.80. The Morgan fingerprint density at radius 1 is 1.41 bits per heavy atom. The molecule has 0 aromatic carbocycles. The number of rotatable bonds is 2. The number of H-pyrrole nitrogens is 1. The normalized spacial score (nSPS) is 15.0. The van der Waals surface area contributed by atoms with Crippen molar-refractivity contribution < 1.29 is 13.2 Å². The van der Waals surface area contributed by atoms with Crippen LogP contribution in [0.5, 0.6) is 0 Å². The minimum absolute atomic E-state index is 0.0835. The fourth-order valence-electron chi connectivity index (χ4n) is 1.29. The van der Waals surface area contributed by atoms with Gasteiger partial charge in [-0.05, 0) is 5.41 Å². The molecule has 1 rings (SSSR count). The Morgan fingerprint density at radius 2 is 1.94 bits per heavy atom. The molecule has 1 aromatic rings. The maximum absolute atomic E-state index is 12.3. The number of hydrogen-bond acceptors (Lipinski definition) is 3. The van der Waals surface area contributed by atoms with Gasteiger partial charge in [-0.1, -0.05) is 20.8 Å². The Labute approximate surface area is 95.8 Å². The van der Waals surface area contributed by atoms with E-state index in [1.807, 2.05) is 5.10 Å². The van der Waals surface area contributed by atoms with Crippen LogP contribution in [0.4, 0.5) is 13.2 Å². The standard InChI is InChI=1S/C9H15F3N4O/c1-8(2,3)5(13)6-14-15-7(17)16(6)4-9(10,11)12/h5H,4,13H2,1-3H3,(H,15,17)/t5-/m1/s1. The highest BCUT2D eigenvalue weighted by Crippen LogP contribution is 2.29. The van der Waals surface area contributed by atoms with E-state index >= 15 is 0 Å². The summed E-state index contributed by atoms with van der Waals surface area (Å²) in [6.07, 6.45) is -4.49. The van der Waals surface area contributed by atoms with E-state index in [4.69, 9.17) is 5.73 Å². The zero-order chi connectivity index (χ0) is 13.4. The number of alkyl halides is 3. The van der Waals surface area contributed by atoms with Crippen LogP contribution in [-0.2, 0) is 6.54 Å². The number of nitrogens with zero attached hydrogens (tertiary/aromatic N) is 2. The summed E-state index contributed by atoms with van der Waals surface area (Å²) in [6, 6.07) is -0.760. The van der Waals surface area contributed by atoms with Gasteiger partial charge < -0.3 is 5.73 Å². The van der Waals surface area contributed by atoms with Gasteiger partial charge in [0.1, 0.15) is 6.54 Å². The van der Waals surface area contributed by atoms with E-state index in [1.165, 1.54) is 0 Å². The molecule has 0 saturated carbocycles. The van der Waals surface area contributed by atoms with Crippen LogP contribution in [0.25, 0.3) is 0 Å². The van der Waals surface area contributed by atoms with Crippen molar-refractivity contribution in [3.63, 3.8) is 0 Å². The predicted molar refractivity (Wildman–Crippen MR) is 55.3 cm³/mol. The molecule has 0 aliphatic carbocycles. The summed E-state index contributed by atoms with van der Waals surface area (Å²) in [5.74, 6) is -0.0835. The first kappa shape index (κ1) is 13.8. The molecular weight excluding hydrogens is 237 g/mol. The quantitative estimate of drug-likeness (QED) is 0.829. The fraction of sp³-hybridized carbons (Fsp3) is 0.778. The topological polar surface area (TPSA) is 76.7 Å². The van der Waals surface area contributed by atoms with Crippen molar-refractivity contribution in [1.29, 1.82) is 0 Å². The number of halogens is 3. The molecule has 0 aliphatic heterocycles. The highest BCUT2D eigenvalue weighted by atomic mass is 19.4. The molecule has 0 saturated heterocycles. The Kier molecular flexibility index (Phi) is 3.37. The highest BCUT2D eigenvalue weighted by Gasteiger charge is 2.34. The molecule has 0 radical (unpaired) electrons. The molecular formula is C9H15F3N4O. The lowest BCUT2D eigenvalue weighted by Gasteiger charge is -2.26. The van der Waals surface area contributed by atoms with Gasteiger partial charge in [0, 0.05) is 0 Å². The molecule has 0 spiro atoms. The molecule has 1 heterocycles. The minimum atomic E-state index is -4.49. The summed E-state index contributed by atoms with van der Waals surface area (Å²) >= 11 is 0. The van der Waals surface area contributed by atoms with Crippen molar-refractivity contribution in [2.75, 3.05) is 0 Å². The van der Waals surface area contributed by atoms with E-state index in [2.05, 4.69) is 5.10 Å². The van der Waals surface area contributed by atoms with E-state index in [1.54, 1.807) is 20.8 Å². The van der Waals surface area contributed by atoms with Crippen molar-refractivity contribution in [1.82, 2.24) is 14.8 Å². The van der Waals surface area contributed by atoms with Crippen LogP contribution in [0.2, 0.25) is 0 Å². The van der Waals surface area contributed by atoms with E-state index < -0.39 is 29.9 Å². The number of aromatic amines is 1. The van der Waals surface area contributed by atoms with Crippen LogP contribution < -0.4 is 11.4 Å². The molecule has 8 heteroatoms. The van der Waals surface area contributed by atoms with Gasteiger partial charge in [-0.2, -0.15) is 18.3 Å². The Hall–Kier alpha value is -1.31. The number of nitrogens with one attached hydrogen (secondary N) is 1. The molecule has 0 fully saturated rings. The largest absolute Gasteiger partial charge is 0.406 e. The molecule has 0 unspecified atom stereocenters. The first-order chi connectivity index (χ1) is 7.52. The molecule has 17 heavy (non-hydrogen) atoms. The number of aromatic nitrogens is 3. The number of nitrogens with two attached hydrogens (primary N) is 1. The monoisotopic (exact) mass is 252 g/mol. The van der Waals surface area contributed by atoms with Gasteiger partial charge in [0.05, 0.1) is 6.04 Å². The lowest BCUT2D eigenvalue weighted by atomic mass is 9.87. The third-order valence-electron chi connectivity index (χ3n) is 2.34. The third kappa shape index (κ3) is 3.32. The van der Waals surface area contributed by atoms with Crippen molar-refractivity contribution >= 4 is 0 Å². The average Bonchev–Trinajstić information content (AvgIpc) is 2.43. The van der Waals surface area contributed by atoms with Gasteiger partial charge in [-0.15, -0.1) is 0 Å². The van der Waals surface area contributed by atoms with Crippen LogP contribution in [0.15, 0.2) is 4.79 Å². The van der Waals surface area contributed by atoms with E-state index in [9.17, 15) is 18.0 Å². The molecule has 98 valence electrons. The second-order valence-electron chi connectivity index (χ2n) is 4.93. The highest BCUT2D eigenvalue weighted by molar-refractivity contribution is 4.99. The minimum Gasteiger partial charge on any atom is -0.321 e. The average molecular weight is 252 g/mol. The van der Waals surface area contributed by atoms with Gasteiger partial charge in [0.2, 0.25) is 0 Å². The zero-order valence-electron chi connectivity index (χ0n) is 9.80. The lowest BCUT2D eigenvalue weighted by Crippen LogP contribution is -2.34. The summed E-state index contributed by atoms with van der Waals surface area (Å²) in [4.78, 5) is 11.2. The lowest BCUT2D eigenvalue weighted by molar-refractivity contribution is -0.141. The Bertz CT molecular complexity index is 440. The summed E-state index contributed by atoms with van der Waals surface area (Å²) in [6.45, 7) is 3.89. The van der Waals surface area contributed by atoms with E-state index in [0.717, 1.165) is 0 Å². The second-order valence-corrected chi connectivity index (χ2v) is 4.93. The number of hydrogen-bond donors (Lipinski definition) is 2. The summed E-state index contributed by atoms with van der Waals surface area (Å²) in [5, 5.41) is 5.56. The van der Waals surface area contributed by atoms with Gasteiger partial charge >= 0.3 is 11.9 Å². The van der Waals surface area contributed by atoms with Crippen LogP contribution in [0, 0.1) is 5.41 Å². The molecule has 1 aromatic heterocycles. The molecule has 3 N–H and O–H groups in total. The van der Waals surface area contributed by atoms with Gasteiger partial charge in [0.15, 0.2) is 5.82 Å². The first-order valence-electron chi connectivity index (χ1n) is 5.00. The van der Waals surface area contributed by atoms with Crippen molar-refractivity contribution in [3.8, 4) is 0 Å². The smallest absolute Gasteiger partial charge is 0.321 e. The Balaban J connectivity index is 3.15. The van der Waals surface area contributed by atoms with Crippen LogP contribution in [-0.4, -0.2) is 20.9 Å². The summed E-state index contributed by atoms with van der Waals surface area (Å²) < 4.78 is 37.4. The van der Waals surface area contributed by atoms with Crippen LogP contribution in [0.3, 0.4) is 0 Å². The summed E-state index contributed by atoms with van der Waals surface area (Å²) in [7, 11) is 0. The first-order valence-corrected chi connectivity index (χ1v) is 5.00. The maximum atomic E-state index is 12.3. The van der Waals surface area contributed by atoms with Crippen LogP contribution >= 0.6 is 0 Å². The predicted octanol–water partition coefficient (Wildman–Crippen LogP) is 1.18. The molecule has 0 aliphatic rings. The van der Waals surface area contributed by atoms with Crippen molar-refractivity contribution in [2.45, 2.75) is 39.5 Å². The van der Waals surface area contributed by atoms with Gasteiger partial charge in [-0.3, -0.25) is 4.57 Å². The van der Waals surface area contributed by atoms with Gasteiger partial charge in [-0.25, -0.2) is 9.89 Å². The van der Waals surface area contributed by atoms with Crippen molar-refractivity contribution in [2.24, 2.45) is 11.1 Å². The molecule has 5 nitrogen and oxygen atoms in total. The van der Waals surface area contributed by atoms with Crippen LogP contribution in [0.1, 0.15) is 32.6 Å². The molecule has 0 bridgehead atoms. The van der Waals surface area contributed by atoms with Crippen molar-refractivity contribution in [3.05, 3.63) is 16.3 Å². The second kappa shape index (κ2) is 4.17. The maximum Gasteiger partial charge on any atom is 0.406 e. The van der Waals surface area contributed by atoms with E-state index in [-0.39, 0.29) is 5.82 Å². The SMILES string of the molecule is CC(C)(C)[C@H](N)c1n[nH]c(=O)n1CC(F)(F)F. The summed E-state index contributed by atoms with van der Waals surface area (Å²) in [5.41, 5.74) is 4.40. The molecule has 0 amide bonds. The fourth-order valence-corrected chi connectivity index (χ4v) is 1.29.